The zero-order chi connectivity index (χ0) is 23.7. The highest BCUT2D eigenvalue weighted by atomic mass is 35.5. The molecule has 1 heterocycles. The summed E-state index contributed by atoms with van der Waals surface area (Å²) in [5.74, 6) is -0.620. The van der Waals surface area contributed by atoms with E-state index < -0.39 is 5.97 Å². The van der Waals surface area contributed by atoms with Crippen molar-refractivity contribution < 1.29 is 24.5 Å². The zero-order valence-corrected chi connectivity index (χ0v) is 19.3. The number of hydrogen-bond donors (Lipinski definition) is 2. The minimum absolute atomic E-state index is 0.109. The molecule has 0 aliphatic carbocycles. The maximum absolute atomic E-state index is 13.7. The zero-order valence-electron chi connectivity index (χ0n) is 17.8. The summed E-state index contributed by atoms with van der Waals surface area (Å²) in [5.41, 5.74) is 3.76. The summed E-state index contributed by atoms with van der Waals surface area (Å²) in [6, 6.07) is 15.6. The van der Waals surface area contributed by atoms with E-state index in [1.54, 1.807) is 42.5 Å². The summed E-state index contributed by atoms with van der Waals surface area (Å²) < 4.78 is 6.10. The van der Waals surface area contributed by atoms with Gasteiger partial charge in [-0.1, -0.05) is 23.7 Å². The van der Waals surface area contributed by atoms with Gasteiger partial charge >= 0.3 is 5.97 Å². The lowest BCUT2D eigenvalue weighted by molar-refractivity contribution is -0.131. The van der Waals surface area contributed by atoms with Crippen LogP contribution < -0.4 is 4.74 Å². The second kappa shape index (κ2) is 9.10. The molecule has 0 amide bonds. The maximum Gasteiger partial charge on any atom is 0.331 e. The van der Waals surface area contributed by atoms with Crippen molar-refractivity contribution in [2.24, 2.45) is 0 Å². The van der Waals surface area contributed by atoms with E-state index in [2.05, 4.69) is 0 Å². The number of thiophene rings is 1. The molecule has 166 valence electrons. The Kier molecular flexibility index (Phi) is 6.22. The van der Waals surface area contributed by atoms with Gasteiger partial charge in [-0.25, -0.2) is 4.79 Å². The molecule has 0 saturated carbocycles. The quantitative estimate of drug-likeness (QED) is 0.182. The predicted molar refractivity (Wildman–Crippen MR) is 131 cm³/mol. The molecule has 0 bridgehead atoms. The minimum Gasteiger partial charge on any atom is -0.508 e. The summed E-state index contributed by atoms with van der Waals surface area (Å²) in [7, 11) is 0. The number of carbonyl (C=O) groups excluding carboxylic acids is 1. The number of aryl methyl sites for hydroxylation is 2. The van der Waals surface area contributed by atoms with Crippen LogP contribution in [0.25, 0.3) is 21.2 Å². The van der Waals surface area contributed by atoms with E-state index in [0.29, 0.717) is 21.2 Å². The predicted octanol–water partition coefficient (Wildman–Crippen LogP) is 6.75. The normalized spacial score (nSPS) is 11.2. The first-order valence-electron chi connectivity index (χ1n) is 9.98. The fourth-order valence-corrected chi connectivity index (χ4v) is 5.32. The molecular weight excluding hydrogens is 460 g/mol. The van der Waals surface area contributed by atoms with Gasteiger partial charge in [-0.05, 0) is 73.0 Å². The molecule has 1 aromatic heterocycles. The van der Waals surface area contributed by atoms with E-state index in [-0.39, 0.29) is 11.5 Å². The number of phenols is 1. The molecule has 0 aliphatic heterocycles. The van der Waals surface area contributed by atoms with E-state index in [0.717, 1.165) is 44.7 Å². The number of fused-ring (bicyclic) bond motifs is 1. The fraction of sp³-hybridized carbons (Fsp3) is 0.0769. The van der Waals surface area contributed by atoms with Gasteiger partial charge in [0, 0.05) is 26.2 Å². The summed E-state index contributed by atoms with van der Waals surface area (Å²) in [5, 5.41) is 20.1. The number of rotatable bonds is 6. The Morgan fingerprint density at radius 1 is 1.00 bits per heavy atom. The number of phenolic OH excluding ortho intramolecular Hbond substituents is 1. The standard InChI is InChI=1S/C26H19ClO5S/c1-14-11-17(27)12-15(2)23(14)25(31)26-24(20-8-5-18(28)13-21(20)33-26)16-3-6-19(7-4-16)32-10-9-22(29)30/h3-13,28H,1-2H3,(H,29,30)/b10-9+. The first-order chi connectivity index (χ1) is 15.7. The lowest BCUT2D eigenvalue weighted by Crippen LogP contribution is -2.06. The van der Waals surface area contributed by atoms with Gasteiger partial charge in [0.1, 0.15) is 11.5 Å². The molecule has 0 aliphatic rings. The number of ether oxygens (including phenoxy) is 1. The SMILES string of the molecule is Cc1cc(Cl)cc(C)c1C(=O)c1sc2cc(O)ccc2c1-c1ccc(O/C=C/C(=O)O)cc1. The summed E-state index contributed by atoms with van der Waals surface area (Å²) in [6.07, 6.45) is 2.00. The van der Waals surface area contributed by atoms with Gasteiger partial charge < -0.3 is 14.9 Å². The van der Waals surface area contributed by atoms with Gasteiger partial charge in [0.25, 0.3) is 0 Å². The maximum atomic E-state index is 13.7. The lowest BCUT2D eigenvalue weighted by Gasteiger charge is -2.11. The third-order valence-corrected chi connectivity index (χ3v) is 6.53. The van der Waals surface area contributed by atoms with Crippen molar-refractivity contribution >= 4 is 44.8 Å². The number of aliphatic carboxylic acids is 1. The molecule has 0 saturated heterocycles. The van der Waals surface area contributed by atoms with E-state index >= 15 is 0 Å². The lowest BCUT2D eigenvalue weighted by atomic mass is 9.94. The third kappa shape index (κ3) is 4.62. The smallest absolute Gasteiger partial charge is 0.331 e. The topological polar surface area (TPSA) is 83.8 Å². The Bertz CT molecular complexity index is 1390. The van der Waals surface area contributed by atoms with Gasteiger partial charge in [-0.3, -0.25) is 4.79 Å². The second-order valence-corrected chi connectivity index (χ2v) is 9.00. The van der Waals surface area contributed by atoms with Gasteiger partial charge in [0.2, 0.25) is 5.78 Å². The molecule has 0 unspecified atom stereocenters. The Balaban J connectivity index is 1.84. The van der Waals surface area contributed by atoms with Crippen LogP contribution in [-0.4, -0.2) is 22.0 Å². The number of carboxylic acids is 1. The molecule has 0 atom stereocenters. The van der Waals surface area contributed by atoms with Crippen molar-refractivity contribution in [1.82, 2.24) is 0 Å². The molecule has 4 rings (SSSR count). The Hall–Kier alpha value is -3.61. The van der Waals surface area contributed by atoms with E-state index in [4.69, 9.17) is 21.4 Å². The van der Waals surface area contributed by atoms with Crippen molar-refractivity contribution in [3.8, 4) is 22.6 Å². The number of carbonyl (C=O) groups is 2. The van der Waals surface area contributed by atoms with Crippen LogP contribution in [0.3, 0.4) is 0 Å². The summed E-state index contributed by atoms with van der Waals surface area (Å²) in [4.78, 5) is 24.9. The van der Waals surface area contributed by atoms with Gasteiger partial charge in [0.15, 0.2) is 0 Å². The highest BCUT2D eigenvalue weighted by Gasteiger charge is 2.24. The fourth-order valence-electron chi connectivity index (χ4n) is 3.79. The van der Waals surface area contributed by atoms with Gasteiger partial charge in [-0.2, -0.15) is 0 Å². The molecule has 7 heteroatoms. The van der Waals surface area contributed by atoms with Crippen LogP contribution in [0.4, 0.5) is 0 Å². The number of carboxylic acid groups (broad SMARTS) is 1. The number of ketones is 1. The molecule has 0 spiro atoms. The van der Waals surface area contributed by atoms with Gasteiger partial charge in [-0.15, -0.1) is 11.3 Å². The Morgan fingerprint density at radius 2 is 1.67 bits per heavy atom. The summed E-state index contributed by atoms with van der Waals surface area (Å²) in [6.45, 7) is 3.73. The summed E-state index contributed by atoms with van der Waals surface area (Å²) >= 11 is 7.49. The van der Waals surface area contributed by atoms with Crippen LogP contribution >= 0.6 is 22.9 Å². The largest absolute Gasteiger partial charge is 0.508 e. The molecule has 2 N–H and O–H groups in total. The van der Waals surface area contributed by atoms with Crippen molar-refractivity contribution in [3.05, 3.63) is 93.5 Å². The molecule has 33 heavy (non-hydrogen) atoms. The van der Waals surface area contributed by atoms with E-state index in [1.165, 1.54) is 11.3 Å². The van der Waals surface area contributed by atoms with Gasteiger partial charge in [0.05, 0.1) is 17.2 Å². The Labute approximate surface area is 199 Å². The molecule has 3 aromatic carbocycles. The first-order valence-corrected chi connectivity index (χ1v) is 11.2. The molecular formula is C26H19ClO5S. The van der Waals surface area contributed by atoms with Crippen LogP contribution in [0.1, 0.15) is 26.4 Å². The van der Waals surface area contributed by atoms with Crippen LogP contribution in [0.15, 0.2) is 66.9 Å². The number of hydrogen-bond acceptors (Lipinski definition) is 5. The first kappa shape index (κ1) is 22.6. The van der Waals surface area contributed by atoms with Crippen LogP contribution in [0.2, 0.25) is 5.02 Å². The Morgan fingerprint density at radius 3 is 2.30 bits per heavy atom. The van der Waals surface area contributed by atoms with Crippen molar-refractivity contribution in [3.63, 3.8) is 0 Å². The average Bonchev–Trinajstić information content (AvgIpc) is 3.11. The van der Waals surface area contributed by atoms with Crippen molar-refractivity contribution in [2.45, 2.75) is 13.8 Å². The van der Waals surface area contributed by atoms with Crippen LogP contribution in [0.5, 0.6) is 11.5 Å². The van der Waals surface area contributed by atoms with E-state index in [9.17, 15) is 14.7 Å². The van der Waals surface area contributed by atoms with Crippen molar-refractivity contribution in [2.75, 3.05) is 0 Å². The minimum atomic E-state index is -1.10. The molecule has 0 radical (unpaired) electrons. The highest BCUT2D eigenvalue weighted by molar-refractivity contribution is 7.21. The van der Waals surface area contributed by atoms with E-state index in [1.807, 2.05) is 26.0 Å². The number of aromatic hydroxyl groups is 1. The molecule has 5 nitrogen and oxygen atoms in total. The van der Waals surface area contributed by atoms with Crippen molar-refractivity contribution in [1.29, 1.82) is 0 Å². The second-order valence-electron chi connectivity index (χ2n) is 7.51. The van der Waals surface area contributed by atoms with Crippen LogP contribution in [0, 0.1) is 13.8 Å². The average molecular weight is 479 g/mol. The van der Waals surface area contributed by atoms with Crippen LogP contribution in [-0.2, 0) is 4.79 Å². The third-order valence-electron chi connectivity index (χ3n) is 5.16. The monoisotopic (exact) mass is 478 g/mol. The number of benzene rings is 3. The molecule has 0 fully saturated rings. The highest BCUT2D eigenvalue weighted by Crippen LogP contribution is 2.42. The molecule has 4 aromatic rings. The number of halogens is 1.